The van der Waals surface area contributed by atoms with Crippen LogP contribution < -0.4 is 10.6 Å². The number of alkyl carbamates (subject to hydrolysis) is 1. The smallest absolute Gasteiger partial charge is 0.407 e. The Labute approximate surface area is 227 Å². The lowest BCUT2D eigenvalue weighted by molar-refractivity contribution is -0.139. The molecule has 4 unspecified atom stereocenters. The van der Waals surface area contributed by atoms with E-state index in [0.717, 1.165) is 27.8 Å². The molecule has 2 aliphatic rings. The Morgan fingerprint density at radius 3 is 2.15 bits per heavy atom. The standard InChI is InChI=1S/C31H32N2O6/c1-19(38-17-20-9-3-2-4-10-20)28(29(34)32-16-21-15-26(21)30(35)36)33-31(37)39-18-27-24-13-7-5-11-22(24)23-12-6-8-14-25(23)27/h2-14,19,21,26-28H,15-18H2,1H3,(H,32,34)(H,33,37)(H,35,36). The van der Waals surface area contributed by atoms with E-state index in [-0.39, 0.29) is 31.6 Å². The fourth-order valence-corrected chi connectivity index (χ4v) is 5.18. The number of nitrogens with one attached hydrogen (secondary N) is 2. The number of rotatable bonds is 11. The number of hydrogen-bond acceptors (Lipinski definition) is 5. The fraction of sp³-hybridized carbons (Fsp3) is 0.323. The van der Waals surface area contributed by atoms with Gasteiger partial charge >= 0.3 is 12.1 Å². The first-order chi connectivity index (χ1) is 18.9. The van der Waals surface area contributed by atoms with Crippen molar-refractivity contribution in [2.24, 2.45) is 11.8 Å². The van der Waals surface area contributed by atoms with Crippen molar-refractivity contribution in [3.63, 3.8) is 0 Å². The first-order valence-electron chi connectivity index (χ1n) is 13.2. The maximum absolute atomic E-state index is 13.1. The van der Waals surface area contributed by atoms with Gasteiger partial charge in [0, 0.05) is 12.5 Å². The van der Waals surface area contributed by atoms with Gasteiger partial charge in [0.15, 0.2) is 0 Å². The Balaban J connectivity index is 1.23. The molecule has 3 aromatic rings. The van der Waals surface area contributed by atoms with E-state index < -0.39 is 36.0 Å². The molecule has 5 rings (SSSR count). The van der Waals surface area contributed by atoms with Gasteiger partial charge in [-0.15, -0.1) is 0 Å². The Morgan fingerprint density at radius 2 is 1.54 bits per heavy atom. The van der Waals surface area contributed by atoms with Crippen molar-refractivity contribution in [2.75, 3.05) is 13.2 Å². The highest BCUT2D eigenvalue weighted by atomic mass is 16.5. The van der Waals surface area contributed by atoms with E-state index in [9.17, 15) is 14.4 Å². The first kappa shape index (κ1) is 26.4. The van der Waals surface area contributed by atoms with E-state index >= 15 is 0 Å². The summed E-state index contributed by atoms with van der Waals surface area (Å²) in [4.78, 5) is 37.2. The molecule has 2 amide bonds. The molecule has 39 heavy (non-hydrogen) atoms. The summed E-state index contributed by atoms with van der Waals surface area (Å²) >= 11 is 0. The van der Waals surface area contributed by atoms with Gasteiger partial charge in [0.05, 0.1) is 18.6 Å². The number of carboxylic acid groups (broad SMARTS) is 1. The highest BCUT2D eigenvalue weighted by Crippen LogP contribution is 2.44. The zero-order valence-electron chi connectivity index (χ0n) is 21.7. The Kier molecular flexibility index (Phi) is 7.93. The minimum atomic E-state index is -1.02. The highest BCUT2D eigenvalue weighted by molar-refractivity contribution is 5.86. The van der Waals surface area contributed by atoms with Crippen molar-refractivity contribution in [1.82, 2.24) is 10.6 Å². The van der Waals surface area contributed by atoms with Gasteiger partial charge < -0.3 is 25.2 Å². The molecule has 2 aliphatic carbocycles. The molecule has 202 valence electrons. The number of benzene rings is 3. The number of hydrogen-bond donors (Lipinski definition) is 3. The van der Waals surface area contributed by atoms with Crippen LogP contribution in [0.4, 0.5) is 4.79 Å². The summed E-state index contributed by atoms with van der Waals surface area (Å²) < 4.78 is 11.6. The maximum atomic E-state index is 13.1. The SMILES string of the molecule is CC(OCc1ccccc1)C(NC(=O)OCC1c2ccccc2-c2ccccc21)C(=O)NCC1CC1C(=O)O. The van der Waals surface area contributed by atoms with Gasteiger partial charge in [0.2, 0.25) is 5.91 Å². The molecule has 0 bridgehead atoms. The van der Waals surface area contributed by atoms with E-state index in [1.807, 2.05) is 66.7 Å². The summed E-state index contributed by atoms with van der Waals surface area (Å²) in [6, 6.07) is 24.7. The summed E-state index contributed by atoms with van der Waals surface area (Å²) in [7, 11) is 0. The number of aliphatic carboxylic acids is 1. The molecule has 0 saturated heterocycles. The van der Waals surface area contributed by atoms with E-state index in [1.165, 1.54) is 0 Å². The Hall–Kier alpha value is -4.17. The van der Waals surface area contributed by atoms with Crippen LogP contribution >= 0.6 is 0 Å². The minimum absolute atomic E-state index is 0.106. The molecule has 4 atom stereocenters. The van der Waals surface area contributed by atoms with Crippen LogP contribution in [-0.4, -0.2) is 48.4 Å². The third kappa shape index (κ3) is 6.12. The van der Waals surface area contributed by atoms with Crippen LogP contribution in [0.5, 0.6) is 0 Å². The van der Waals surface area contributed by atoms with Crippen molar-refractivity contribution in [1.29, 1.82) is 0 Å². The number of carbonyl (C=O) groups is 3. The molecule has 0 heterocycles. The molecule has 0 aliphatic heterocycles. The molecular weight excluding hydrogens is 496 g/mol. The van der Waals surface area contributed by atoms with Crippen LogP contribution in [0.25, 0.3) is 11.1 Å². The number of ether oxygens (including phenoxy) is 2. The van der Waals surface area contributed by atoms with Crippen LogP contribution in [0.15, 0.2) is 78.9 Å². The predicted octanol–water partition coefficient (Wildman–Crippen LogP) is 4.34. The average Bonchev–Trinajstić information content (AvgIpc) is 3.68. The van der Waals surface area contributed by atoms with E-state index in [4.69, 9.17) is 14.6 Å². The molecule has 3 N–H and O–H groups in total. The fourth-order valence-electron chi connectivity index (χ4n) is 5.18. The van der Waals surface area contributed by atoms with Crippen molar-refractivity contribution in [2.45, 2.75) is 38.0 Å². The minimum Gasteiger partial charge on any atom is -0.481 e. The normalized spacial score (nSPS) is 18.8. The summed E-state index contributed by atoms with van der Waals surface area (Å²) in [5, 5.41) is 14.6. The molecule has 8 heteroatoms. The van der Waals surface area contributed by atoms with Crippen LogP contribution in [-0.2, 0) is 25.7 Å². The molecular formula is C31H32N2O6. The van der Waals surface area contributed by atoms with Crippen molar-refractivity contribution in [3.8, 4) is 11.1 Å². The lowest BCUT2D eigenvalue weighted by atomic mass is 9.98. The van der Waals surface area contributed by atoms with Crippen LogP contribution in [0.1, 0.15) is 36.0 Å². The van der Waals surface area contributed by atoms with Crippen LogP contribution in [0.3, 0.4) is 0 Å². The lowest BCUT2D eigenvalue weighted by Gasteiger charge is -2.25. The summed E-state index contributed by atoms with van der Waals surface area (Å²) in [5.74, 6) is -1.96. The summed E-state index contributed by atoms with van der Waals surface area (Å²) in [6.07, 6.45) is -0.859. The van der Waals surface area contributed by atoms with Crippen molar-refractivity contribution in [3.05, 3.63) is 95.6 Å². The molecule has 0 radical (unpaired) electrons. The second-order valence-electron chi connectivity index (χ2n) is 10.1. The number of amides is 2. The van der Waals surface area contributed by atoms with Gasteiger partial charge in [-0.1, -0.05) is 78.9 Å². The summed E-state index contributed by atoms with van der Waals surface area (Å²) in [6.45, 7) is 2.33. The molecule has 8 nitrogen and oxygen atoms in total. The first-order valence-corrected chi connectivity index (χ1v) is 13.2. The van der Waals surface area contributed by atoms with Gasteiger partial charge in [-0.3, -0.25) is 9.59 Å². The average molecular weight is 529 g/mol. The second-order valence-corrected chi connectivity index (χ2v) is 10.1. The highest BCUT2D eigenvalue weighted by Gasteiger charge is 2.43. The monoisotopic (exact) mass is 528 g/mol. The topological polar surface area (TPSA) is 114 Å². The van der Waals surface area contributed by atoms with Gasteiger partial charge in [-0.2, -0.15) is 0 Å². The lowest BCUT2D eigenvalue weighted by Crippen LogP contribution is -2.53. The summed E-state index contributed by atoms with van der Waals surface area (Å²) in [5.41, 5.74) is 5.38. The number of carbonyl (C=O) groups excluding carboxylic acids is 2. The van der Waals surface area contributed by atoms with E-state index in [1.54, 1.807) is 6.92 Å². The second kappa shape index (κ2) is 11.7. The number of fused-ring (bicyclic) bond motifs is 3. The van der Waals surface area contributed by atoms with Crippen LogP contribution in [0.2, 0.25) is 0 Å². The van der Waals surface area contributed by atoms with E-state index in [0.29, 0.717) is 6.42 Å². The maximum Gasteiger partial charge on any atom is 0.407 e. The number of carboxylic acids is 1. The predicted molar refractivity (Wildman–Crippen MR) is 145 cm³/mol. The van der Waals surface area contributed by atoms with E-state index in [2.05, 4.69) is 22.8 Å². The van der Waals surface area contributed by atoms with Gasteiger partial charge in [-0.25, -0.2) is 4.79 Å². The van der Waals surface area contributed by atoms with Gasteiger partial charge in [-0.05, 0) is 47.1 Å². The zero-order chi connectivity index (χ0) is 27.4. The molecule has 1 saturated carbocycles. The molecule has 1 fully saturated rings. The molecule has 3 aromatic carbocycles. The molecule has 0 aromatic heterocycles. The third-order valence-electron chi connectivity index (χ3n) is 7.50. The van der Waals surface area contributed by atoms with Gasteiger partial charge in [0.1, 0.15) is 12.6 Å². The van der Waals surface area contributed by atoms with Crippen molar-refractivity contribution < 1.29 is 29.0 Å². The Morgan fingerprint density at radius 1 is 0.923 bits per heavy atom. The van der Waals surface area contributed by atoms with Crippen molar-refractivity contribution >= 4 is 18.0 Å². The molecule has 0 spiro atoms. The third-order valence-corrected chi connectivity index (χ3v) is 7.50. The quantitative estimate of drug-likeness (QED) is 0.341. The van der Waals surface area contributed by atoms with Crippen LogP contribution in [0, 0.1) is 11.8 Å². The van der Waals surface area contributed by atoms with Gasteiger partial charge in [0.25, 0.3) is 0 Å². The zero-order valence-corrected chi connectivity index (χ0v) is 21.7. The largest absolute Gasteiger partial charge is 0.481 e. The Bertz CT molecular complexity index is 1300.